The van der Waals surface area contributed by atoms with Crippen LogP contribution < -0.4 is 4.74 Å². The van der Waals surface area contributed by atoms with E-state index in [4.69, 9.17) is 35.3 Å². The van der Waals surface area contributed by atoms with E-state index in [1.165, 1.54) is 12.1 Å². The number of aliphatic hydroxyl groups excluding tert-OH is 1. The van der Waals surface area contributed by atoms with Gasteiger partial charge in [0.05, 0.1) is 26.4 Å². The van der Waals surface area contributed by atoms with E-state index < -0.39 is 49.6 Å². The van der Waals surface area contributed by atoms with Crippen LogP contribution in [0.4, 0.5) is 13.2 Å². The quantitative estimate of drug-likeness (QED) is 0.112. The van der Waals surface area contributed by atoms with E-state index in [0.717, 1.165) is 22.3 Å². The standard InChI is InChI=1S/C42H40ClF3O7/c43-36-21-18-34(23-33(36)22-29-16-19-35(20-17-29)52-28-41(44,45)46)42(48)40(51-27-32-14-8-3-9-15-32)39(50-26-31-12-6-2-7-13-31)38(37(24-47)53-42)49-25-30-10-4-1-5-11-30/h1-21,23,37-40,47-48H,22,24-28H2/t37-,38-,39?,40-,42?/m1/s1. The molecule has 5 aromatic rings. The number of rotatable bonds is 15. The van der Waals surface area contributed by atoms with E-state index in [2.05, 4.69) is 0 Å². The van der Waals surface area contributed by atoms with Crippen LogP contribution in [0.15, 0.2) is 133 Å². The van der Waals surface area contributed by atoms with Gasteiger partial charge in [0.1, 0.15) is 30.2 Å². The minimum Gasteiger partial charge on any atom is -0.484 e. The second-order valence-electron chi connectivity index (χ2n) is 12.8. The Morgan fingerprint density at radius 2 is 1.19 bits per heavy atom. The molecule has 0 amide bonds. The van der Waals surface area contributed by atoms with Gasteiger partial charge in [0.25, 0.3) is 0 Å². The molecule has 7 nitrogen and oxygen atoms in total. The van der Waals surface area contributed by atoms with Gasteiger partial charge in [-0.1, -0.05) is 121 Å². The molecule has 11 heteroatoms. The van der Waals surface area contributed by atoms with Gasteiger partial charge >= 0.3 is 6.18 Å². The van der Waals surface area contributed by atoms with Gasteiger partial charge in [-0.25, -0.2) is 0 Å². The molecule has 2 N–H and O–H groups in total. The minimum absolute atomic E-state index is 0.0786. The molecule has 53 heavy (non-hydrogen) atoms. The van der Waals surface area contributed by atoms with Crippen LogP contribution >= 0.6 is 11.6 Å². The predicted molar refractivity (Wildman–Crippen MR) is 193 cm³/mol. The van der Waals surface area contributed by atoms with Crippen LogP contribution in [0.25, 0.3) is 0 Å². The number of hydrogen-bond acceptors (Lipinski definition) is 7. The van der Waals surface area contributed by atoms with Crippen LogP contribution in [0.3, 0.4) is 0 Å². The average Bonchev–Trinajstić information content (AvgIpc) is 3.17. The second-order valence-corrected chi connectivity index (χ2v) is 13.2. The molecule has 5 aromatic carbocycles. The van der Waals surface area contributed by atoms with Gasteiger partial charge in [0, 0.05) is 10.6 Å². The van der Waals surface area contributed by atoms with E-state index in [1.54, 1.807) is 30.3 Å². The molecule has 1 heterocycles. The lowest BCUT2D eigenvalue weighted by atomic mass is 9.86. The summed E-state index contributed by atoms with van der Waals surface area (Å²) < 4.78 is 68.9. The van der Waals surface area contributed by atoms with Crippen molar-refractivity contribution in [3.8, 4) is 5.75 Å². The zero-order valence-corrected chi connectivity index (χ0v) is 29.5. The molecule has 278 valence electrons. The van der Waals surface area contributed by atoms with Crippen molar-refractivity contribution in [1.29, 1.82) is 0 Å². The zero-order chi connectivity index (χ0) is 37.3. The molecular weight excluding hydrogens is 709 g/mol. The highest BCUT2D eigenvalue weighted by molar-refractivity contribution is 6.31. The normalized spacial score (nSPS) is 21.7. The van der Waals surface area contributed by atoms with Crippen LogP contribution in [0.2, 0.25) is 5.02 Å². The highest BCUT2D eigenvalue weighted by Crippen LogP contribution is 2.42. The molecule has 2 unspecified atom stereocenters. The third-order valence-corrected chi connectivity index (χ3v) is 9.28. The predicted octanol–water partition coefficient (Wildman–Crippen LogP) is 8.16. The van der Waals surface area contributed by atoms with Crippen molar-refractivity contribution in [2.75, 3.05) is 13.2 Å². The third-order valence-electron chi connectivity index (χ3n) is 8.91. The topological polar surface area (TPSA) is 86.6 Å². The number of aliphatic hydroxyl groups is 2. The van der Waals surface area contributed by atoms with Crippen LogP contribution in [0.5, 0.6) is 5.75 Å². The fourth-order valence-electron chi connectivity index (χ4n) is 6.25. The summed E-state index contributed by atoms with van der Waals surface area (Å²) in [6.45, 7) is -1.45. The lowest BCUT2D eigenvalue weighted by Crippen LogP contribution is -2.65. The summed E-state index contributed by atoms with van der Waals surface area (Å²) in [5, 5.41) is 23.9. The third kappa shape index (κ3) is 10.2. The highest BCUT2D eigenvalue weighted by Gasteiger charge is 2.57. The minimum atomic E-state index is -4.45. The number of benzene rings is 5. The molecule has 0 spiro atoms. The molecule has 1 aliphatic heterocycles. The maximum atomic E-state index is 12.7. The van der Waals surface area contributed by atoms with Crippen LogP contribution in [0.1, 0.15) is 33.4 Å². The van der Waals surface area contributed by atoms with Crippen molar-refractivity contribution in [3.63, 3.8) is 0 Å². The van der Waals surface area contributed by atoms with E-state index >= 15 is 0 Å². The molecule has 6 rings (SSSR count). The van der Waals surface area contributed by atoms with E-state index in [9.17, 15) is 23.4 Å². The fraction of sp³-hybridized carbons (Fsp3) is 0.286. The fourth-order valence-corrected chi connectivity index (χ4v) is 6.44. The highest BCUT2D eigenvalue weighted by atomic mass is 35.5. The number of alkyl halides is 3. The van der Waals surface area contributed by atoms with Gasteiger partial charge in [0.15, 0.2) is 6.61 Å². The number of halogens is 4. The van der Waals surface area contributed by atoms with Crippen LogP contribution in [0, 0.1) is 0 Å². The van der Waals surface area contributed by atoms with Gasteiger partial charge in [0.2, 0.25) is 5.79 Å². The van der Waals surface area contributed by atoms with E-state index in [0.29, 0.717) is 16.1 Å². The Bertz CT molecular complexity index is 1860. The van der Waals surface area contributed by atoms with Crippen molar-refractivity contribution < 1.29 is 47.1 Å². The van der Waals surface area contributed by atoms with Crippen molar-refractivity contribution >= 4 is 11.6 Å². The lowest BCUT2D eigenvalue weighted by Gasteiger charge is -2.50. The molecule has 0 aliphatic carbocycles. The van der Waals surface area contributed by atoms with Crippen LogP contribution in [-0.4, -0.2) is 54.0 Å². The number of hydrogen-bond donors (Lipinski definition) is 2. The van der Waals surface area contributed by atoms with E-state index in [1.807, 2.05) is 91.0 Å². The monoisotopic (exact) mass is 748 g/mol. The molecule has 1 fully saturated rings. The Kier molecular flexibility index (Phi) is 12.9. The number of ether oxygens (including phenoxy) is 5. The Hall–Kier alpha value is -4.26. The summed E-state index contributed by atoms with van der Waals surface area (Å²) in [6.07, 6.45) is -8.20. The van der Waals surface area contributed by atoms with Crippen molar-refractivity contribution in [3.05, 3.63) is 172 Å². The molecule has 0 saturated carbocycles. The molecule has 0 radical (unpaired) electrons. The molecule has 1 saturated heterocycles. The van der Waals surface area contributed by atoms with Gasteiger partial charge in [-0.05, 0) is 58.5 Å². The first-order chi connectivity index (χ1) is 25.6. The summed E-state index contributed by atoms with van der Waals surface area (Å²) >= 11 is 6.68. The van der Waals surface area contributed by atoms with Crippen LogP contribution in [-0.2, 0) is 51.0 Å². The van der Waals surface area contributed by atoms with Gasteiger partial charge in [-0.2, -0.15) is 13.2 Å². The summed E-state index contributed by atoms with van der Waals surface area (Å²) in [7, 11) is 0. The zero-order valence-electron chi connectivity index (χ0n) is 28.7. The Morgan fingerprint density at radius 1 is 0.660 bits per heavy atom. The molecule has 0 aromatic heterocycles. The Balaban J connectivity index is 1.34. The summed E-state index contributed by atoms with van der Waals surface area (Å²) in [5.74, 6) is -2.08. The van der Waals surface area contributed by atoms with Crippen molar-refractivity contribution in [2.45, 2.75) is 62.6 Å². The first-order valence-electron chi connectivity index (χ1n) is 17.2. The van der Waals surface area contributed by atoms with Gasteiger partial charge in [-0.3, -0.25) is 0 Å². The smallest absolute Gasteiger partial charge is 0.422 e. The maximum Gasteiger partial charge on any atom is 0.422 e. The largest absolute Gasteiger partial charge is 0.484 e. The Labute approximate surface area is 311 Å². The second kappa shape index (κ2) is 17.7. The first kappa shape index (κ1) is 38.5. The molecule has 1 aliphatic rings. The summed E-state index contributed by atoms with van der Waals surface area (Å²) in [4.78, 5) is 0. The lowest BCUT2D eigenvalue weighted by molar-refractivity contribution is -0.377. The Morgan fingerprint density at radius 3 is 1.72 bits per heavy atom. The van der Waals surface area contributed by atoms with Gasteiger partial charge in [-0.15, -0.1) is 0 Å². The van der Waals surface area contributed by atoms with Gasteiger partial charge < -0.3 is 33.9 Å². The van der Waals surface area contributed by atoms with Crippen molar-refractivity contribution in [1.82, 2.24) is 0 Å². The SMILES string of the molecule is OC[C@H]1OC(O)(c2ccc(Cl)c(Cc3ccc(OCC(F)(F)F)cc3)c2)[C@H](OCc2ccccc2)C(OCc2ccccc2)[C@@H]1OCc1ccccc1. The molecule has 0 bridgehead atoms. The summed E-state index contributed by atoms with van der Waals surface area (Å²) in [5.41, 5.74) is 4.28. The molecule has 5 atom stereocenters. The average molecular weight is 749 g/mol. The van der Waals surface area contributed by atoms with E-state index in [-0.39, 0.29) is 32.0 Å². The summed E-state index contributed by atoms with van der Waals surface area (Å²) in [6, 6.07) is 39.8. The first-order valence-corrected chi connectivity index (χ1v) is 17.5. The molecular formula is C42H40ClF3O7. The van der Waals surface area contributed by atoms with Crippen molar-refractivity contribution in [2.24, 2.45) is 0 Å². The maximum absolute atomic E-state index is 12.7.